The summed E-state index contributed by atoms with van der Waals surface area (Å²) in [6.45, 7) is 14.7. The highest BCUT2D eigenvalue weighted by molar-refractivity contribution is 8.00. The number of thioether (sulfide) groups is 1. The Balaban J connectivity index is 5.63. The van der Waals surface area contributed by atoms with Crippen molar-refractivity contribution in [2.75, 3.05) is 65.2 Å². The van der Waals surface area contributed by atoms with E-state index in [0.29, 0.717) is 59.5 Å². The van der Waals surface area contributed by atoms with E-state index in [0.717, 1.165) is 5.75 Å². The number of ether oxygens (including phenoxy) is 5. The lowest BCUT2D eigenvalue weighted by atomic mass is 10.0. The molecule has 0 fully saturated rings. The van der Waals surface area contributed by atoms with Crippen molar-refractivity contribution in [3.63, 3.8) is 0 Å². The predicted octanol–water partition coefficient (Wildman–Crippen LogP) is 4.50. The van der Waals surface area contributed by atoms with E-state index in [-0.39, 0.29) is 32.4 Å². The van der Waals surface area contributed by atoms with E-state index >= 15 is 0 Å². The molecule has 0 aliphatic carbocycles. The zero-order valence-electron chi connectivity index (χ0n) is 20.7. The Kier molecular flexibility index (Phi) is 22.1. The molecule has 33 heavy (non-hydrogen) atoms. The van der Waals surface area contributed by atoms with E-state index in [1.165, 1.54) is 0 Å². The molecule has 6 atom stereocenters. The van der Waals surface area contributed by atoms with Crippen molar-refractivity contribution in [1.29, 1.82) is 0 Å². The predicted molar refractivity (Wildman–Crippen MR) is 160 cm³/mol. The second-order valence-corrected chi connectivity index (χ2v) is 14.5. The van der Waals surface area contributed by atoms with E-state index in [1.54, 1.807) is 11.8 Å². The van der Waals surface area contributed by atoms with Crippen molar-refractivity contribution in [1.82, 2.24) is 0 Å². The van der Waals surface area contributed by atoms with Crippen molar-refractivity contribution in [2.45, 2.75) is 71.7 Å². The van der Waals surface area contributed by atoms with Crippen LogP contribution in [0.15, 0.2) is 0 Å². The highest BCUT2D eigenvalue weighted by atomic mass is 32.2. The molecule has 0 saturated carbocycles. The minimum atomic E-state index is -0.496. The first-order chi connectivity index (χ1) is 15.5. The maximum atomic E-state index is 6.36. The van der Waals surface area contributed by atoms with Gasteiger partial charge in [0.05, 0.1) is 70.3 Å². The van der Waals surface area contributed by atoms with Crippen LogP contribution in [0, 0.1) is 0 Å². The van der Waals surface area contributed by atoms with E-state index in [1.807, 2.05) is 34.6 Å². The van der Waals surface area contributed by atoms with Gasteiger partial charge in [-0.1, -0.05) is 34.6 Å². The van der Waals surface area contributed by atoms with Crippen molar-refractivity contribution < 1.29 is 23.7 Å². The van der Waals surface area contributed by atoms with Crippen molar-refractivity contribution in [2.24, 2.45) is 0 Å². The standard InChI is InChI=1S/C22H46O5S6/c1-16(28)8-23-6-7-33-22(14-25-10-18(3)30,15-26-11-19(4)31)21(27-12-20(5)32)13-24-9-17(2)29/h16-21,28-32H,6-15H2,1-5H3. The summed E-state index contributed by atoms with van der Waals surface area (Å²) < 4.78 is 29.8. The Morgan fingerprint density at radius 3 is 1.45 bits per heavy atom. The molecule has 0 aromatic rings. The molecule has 0 aliphatic rings. The molecule has 0 amide bonds. The molecule has 0 spiro atoms. The summed E-state index contributed by atoms with van der Waals surface area (Å²) in [5.74, 6) is 0.763. The second-order valence-electron chi connectivity index (χ2n) is 8.62. The van der Waals surface area contributed by atoms with Gasteiger partial charge in [-0.3, -0.25) is 0 Å². The fraction of sp³-hybridized carbons (Fsp3) is 1.00. The van der Waals surface area contributed by atoms with Crippen LogP contribution in [0.25, 0.3) is 0 Å². The second kappa shape index (κ2) is 20.9. The molecule has 6 unspecified atom stereocenters. The molecular formula is C22H46O5S6. The van der Waals surface area contributed by atoms with Gasteiger partial charge in [-0.15, -0.1) is 11.8 Å². The van der Waals surface area contributed by atoms with Gasteiger partial charge >= 0.3 is 0 Å². The van der Waals surface area contributed by atoms with Crippen molar-refractivity contribution in [3.05, 3.63) is 0 Å². The highest BCUT2D eigenvalue weighted by Gasteiger charge is 2.42. The molecular weight excluding hydrogens is 537 g/mol. The first kappa shape index (κ1) is 34.9. The largest absolute Gasteiger partial charge is 0.379 e. The van der Waals surface area contributed by atoms with E-state index in [9.17, 15) is 0 Å². The molecule has 5 nitrogen and oxygen atoms in total. The summed E-state index contributed by atoms with van der Waals surface area (Å²) >= 11 is 24.0. The van der Waals surface area contributed by atoms with Crippen LogP contribution in [0.2, 0.25) is 0 Å². The van der Waals surface area contributed by atoms with Crippen LogP contribution in [0.4, 0.5) is 0 Å². The van der Waals surface area contributed by atoms with Gasteiger partial charge in [0.1, 0.15) is 0 Å². The van der Waals surface area contributed by atoms with Crippen LogP contribution >= 0.6 is 74.9 Å². The van der Waals surface area contributed by atoms with E-state index in [4.69, 9.17) is 23.7 Å². The zero-order chi connectivity index (χ0) is 25.3. The monoisotopic (exact) mass is 582 g/mol. The van der Waals surface area contributed by atoms with Crippen molar-refractivity contribution in [3.8, 4) is 0 Å². The third-order valence-electron chi connectivity index (χ3n) is 4.14. The minimum absolute atomic E-state index is 0.0935. The maximum absolute atomic E-state index is 6.36. The molecule has 0 radical (unpaired) electrons. The Morgan fingerprint density at radius 2 is 1.00 bits per heavy atom. The van der Waals surface area contributed by atoms with E-state index < -0.39 is 4.75 Å². The van der Waals surface area contributed by atoms with Crippen LogP contribution in [0.1, 0.15) is 34.6 Å². The number of hydrogen-bond donors (Lipinski definition) is 5. The topological polar surface area (TPSA) is 46.2 Å². The normalized spacial score (nSPS) is 19.5. The molecule has 0 aromatic heterocycles. The minimum Gasteiger partial charge on any atom is -0.379 e. The van der Waals surface area contributed by atoms with Crippen molar-refractivity contribution >= 4 is 74.9 Å². The average molecular weight is 583 g/mol. The molecule has 0 bridgehead atoms. The van der Waals surface area contributed by atoms with Crippen LogP contribution in [0.5, 0.6) is 0 Å². The smallest absolute Gasteiger partial charge is 0.1000 e. The van der Waals surface area contributed by atoms with Crippen LogP contribution in [-0.2, 0) is 23.7 Å². The van der Waals surface area contributed by atoms with Gasteiger partial charge in [-0.2, -0.15) is 63.1 Å². The maximum Gasteiger partial charge on any atom is 0.1000 e. The Labute approximate surface area is 234 Å². The molecule has 0 N–H and O–H groups in total. The fourth-order valence-corrected chi connectivity index (χ4v) is 4.49. The molecule has 0 aliphatic heterocycles. The summed E-state index contributed by atoms with van der Waals surface area (Å²) in [5.41, 5.74) is 0. The Morgan fingerprint density at radius 1 is 0.576 bits per heavy atom. The molecule has 0 aromatic carbocycles. The summed E-state index contributed by atoms with van der Waals surface area (Å²) in [5, 5.41) is 0.685. The highest BCUT2D eigenvalue weighted by Crippen LogP contribution is 2.34. The zero-order valence-corrected chi connectivity index (χ0v) is 26.0. The summed E-state index contributed by atoms with van der Waals surface area (Å²) in [7, 11) is 0. The lowest BCUT2D eigenvalue weighted by molar-refractivity contribution is -0.0709. The lowest BCUT2D eigenvalue weighted by Crippen LogP contribution is -2.52. The van der Waals surface area contributed by atoms with Crippen LogP contribution in [-0.4, -0.2) is 102 Å². The van der Waals surface area contributed by atoms with Gasteiger partial charge in [0.15, 0.2) is 0 Å². The van der Waals surface area contributed by atoms with E-state index in [2.05, 4.69) is 63.1 Å². The quantitative estimate of drug-likeness (QED) is 0.0958. The summed E-state index contributed by atoms with van der Waals surface area (Å²) in [4.78, 5) is 0. The SMILES string of the molecule is CC(S)COCCSC(COCC(C)S)(COCC(C)S)C(COCC(C)S)OCC(C)S. The van der Waals surface area contributed by atoms with Gasteiger partial charge in [-0.25, -0.2) is 0 Å². The fourth-order valence-electron chi connectivity index (χ4n) is 2.72. The first-order valence-electron chi connectivity index (χ1n) is 11.4. The third kappa shape index (κ3) is 19.6. The number of rotatable bonds is 22. The van der Waals surface area contributed by atoms with Gasteiger partial charge in [0.2, 0.25) is 0 Å². The Hall–Kier alpha value is 1.90. The van der Waals surface area contributed by atoms with Crippen LogP contribution in [0.3, 0.4) is 0 Å². The number of thiol groups is 5. The molecule has 0 saturated heterocycles. The van der Waals surface area contributed by atoms with Gasteiger partial charge in [0, 0.05) is 32.0 Å². The first-order valence-corrected chi connectivity index (χ1v) is 15.0. The molecule has 11 heteroatoms. The van der Waals surface area contributed by atoms with Gasteiger partial charge in [-0.05, 0) is 0 Å². The Bertz CT molecular complexity index is 441. The summed E-state index contributed by atoms with van der Waals surface area (Å²) in [6, 6.07) is 0. The third-order valence-corrected chi connectivity index (χ3v) is 6.33. The van der Waals surface area contributed by atoms with Crippen LogP contribution < -0.4 is 0 Å². The molecule has 0 heterocycles. The number of hydrogen-bond acceptors (Lipinski definition) is 11. The lowest BCUT2D eigenvalue weighted by Gasteiger charge is -2.40. The molecule has 0 rings (SSSR count). The average Bonchev–Trinajstić information content (AvgIpc) is 2.68. The molecule has 200 valence electrons. The van der Waals surface area contributed by atoms with Gasteiger partial charge < -0.3 is 23.7 Å². The van der Waals surface area contributed by atoms with Gasteiger partial charge in [0.25, 0.3) is 0 Å². The summed E-state index contributed by atoms with van der Waals surface area (Å²) in [6.07, 6.45) is -0.265.